The fraction of sp³-hybridized carbons (Fsp3) is 0.273. The lowest BCUT2D eigenvalue weighted by atomic mass is 10.2. The Morgan fingerprint density at radius 1 is 1.39 bits per heavy atom. The number of carbonyl (C=O) groups excluding carboxylic acids is 1. The summed E-state index contributed by atoms with van der Waals surface area (Å²) in [6.07, 6.45) is 0. The van der Waals surface area contributed by atoms with Gasteiger partial charge in [-0.2, -0.15) is 0 Å². The highest BCUT2D eigenvalue weighted by molar-refractivity contribution is 9.10. The molecule has 0 spiro atoms. The number of benzene rings is 1. The molecule has 1 amide bonds. The van der Waals surface area contributed by atoms with Gasteiger partial charge in [-0.05, 0) is 34.7 Å². The number of amides is 1. The second-order valence-corrected chi connectivity index (χ2v) is 4.80. The smallest absolute Gasteiger partial charge is 0.254 e. The maximum absolute atomic E-state index is 12.1. The first-order valence-electron chi connectivity index (χ1n) is 5.30. The number of aryl methyl sites for hydroxylation is 1. The van der Waals surface area contributed by atoms with Crippen LogP contribution in [0.1, 0.15) is 16.2 Å². The molecular weight excluding hydrogens is 298 g/mol. The summed E-state index contributed by atoms with van der Waals surface area (Å²) >= 11 is 3.33. The molecule has 6 nitrogen and oxygen atoms in total. The monoisotopic (exact) mass is 309 g/mol. The maximum atomic E-state index is 12.1. The van der Waals surface area contributed by atoms with Gasteiger partial charge in [0.05, 0.1) is 6.54 Å². The van der Waals surface area contributed by atoms with Crippen molar-refractivity contribution < 1.29 is 4.79 Å². The second kappa shape index (κ2) is 5.26. The van der Waals surface area contributed by atoms with E-state index in [-0.39, 0.29) is 5.91 Å². The molecule has 0 radical (unpaired) electrons. The molecule has 0 saturated heterocycles. The van der Waals surface area contributed by atoms with Gasteiger partial charge >= 0.3 is 0 Å². The van der Waals surface area contributed by atoms with Crippen LogP contribution in [0.25, 0.3) is 0 Å². The Balaban J connectivity index is 2.09. The zero-order valence-corrected chi connectivity index (χ0v) is 11.6. The van der Waals surface area contributed by atoms with Crippen molar-refractivity contribution in [1.29, 1.82) is 0 Å². The van der Waals surface area contributed by atoms with Gasteiger partial charge in [-0.25, -0.2) is 4.68 Å². The lowest BCUT2D eigenvalue weighted by Crippen LogP contribution is -2.27. The molecule has 0 bridgehead atoms. The molecule has 0 aliphatic heterocycles. The number of hydrogen-bond acceptors (Lipinski definition) is 4. The molecule has 0 aliphatic carbocycles. The summed E-state index contributed by atoms with van der Waals surface area (Å²) in [5, 5.41) is 11.1. The van der Waals surface area contributed by atoms with Crippen LogP contribution < -0.4 is 0 Å². The molecule has 2 aromatic rings. The average Bonchev–Trinajstić information content (AvgIpc) is 2.75. The highest BCUT2D eigenvalue weighted by atomic mass is 79.9. The van der Waals surface area contributed by atoms with Crippen molar-refractivity contribution in [3.05, 3.63) is 40.1 Å². The summed E-state index contributed by atoms with van der Waals surface area (Å²) in [6, 6.07) is 7.23. The Bertz CT molecular complexity index is 551. The van der Waals surface area contributed by atoms with E-state index < -0.39 is 0 Å². The van der Waals surface area contributed by atoms with E-state index in [0.717, 1.165) is 4.47 Å². The minimum absolute atomic E-state index is 0.0644. The van der Waals surface area contributed by atoms with Crippen LogP contribution in [0.3, 0.4) is 0 Å². The summed E-state index contributed by atoms with van der Waals surface area (Å²) in [6.45, 7) is 0.373. The lowest BCUT2D eigenvalue weighted by Gasteiger charge is -2.16. The molecule has 1 aromatic heterocycles. The Hall–Kier alpha value is -1.76. The minimum Gasteiger partial charge on any atom is -0.334 e. The van der Waals surface area contributed by atoms with Crippen LogP contribution in [0.4, 0.5) is 0 Å². The molecule has 7 heteroatoms. The van der Waals surface area contributed by atoms with Gasteiger partial charge in [-0.15, -0.1) is 5.10 Å². The first-order chi connectivity index (χ1) is 8.58. The van der Waals surface area contributed by atoms with Crippen LogP contribution >= 0.6 is 15.9 Å². The van der Waals surface area contributed by atoms with Crippen LogP contribution in [0.15, 0.2) is 28.7 Å². The van der Waals surface area contributed by atoms with Gasteiger partial charge in [0.15, 0.2) is 5.82 Å². The molecule has 0 N–H and O–H groups in total. The SMILES string of the molecule is CN(Cc1nnnn1C)C(=O)c1ccc(Br)cc1. The summed E-state index contributed by atoms with van der Waals surface area (Å²) in [5.74, 6) is 0.577. The third kappa shape index (κ3) is 2.73. The van der Waals surface area contributed by atoms with Crippen molar-refractivity contribution in [1.82, 2.24) is 25.1 Å². The zero-order valence-electron chi connectivity index (χ0n) is 10.0. The highest BCUT2D eigenvalue weighted by Gasteiger charge is 2.14. The molecule has 1 aromatic carbocycles. The van der Waals surface area contributed by atoms with E-state index in [1.807, 2.05) is 12.1 Å². The summed E-state index contributed by atoms with van der Waals surface area (Å²) in [7, 11) is 3.46. The van der Waals surface area contributed by atoms with Crippen molar-refractivity contribution in [2.75, 3.05) is 7.05 Å². The number of tetrazole rings is 1. The van der Waals surface area contributed by atoms with Gasteiger partial charge in [0, 0.05) is 24.1 Å². The predicted octanol–water partition coefficient (Wildman–Crippen LogP) is 1.24. The average molecular weight is 310 g/mol. The van der Waals surface area contributed by atoms with E-state index in [0.29, 0.717) is 17.9 Å². The van der Waals surface area contributed by atoms with Crippen LogP contribution in [-0.4, -0.2) is 38.1 Å². The first-order valence-corrected chi connectivity index (χ1v) is 6.09. The fourth-order valence-electron chi connectivity index (χ4n) is 1.48. The topological polar surface area (TPSA) is 63.9 Å². The van der Waals surface area contributed by atoms with E-state index in [2.05, 4.69) is 31.5 Å². The van der Waals surface area contributed by atoms with Crippen LogP contribution in [0.2, 0.25) is 0 Å². The van der Waals surface area contributed by atoms with Gasteiger partial charge < -0.3 is 4.90 Å². The van der Waals surface area contributed by atoms with Crippen molar-refractivity contribution in [2.45, 2.75) is 6.54 Å². The van der Waals surface area contributed by atoms with Gasteiger partial charge in [0.2, 0.25) is 0 Å². The molecular formula is C11H12BrN5O. The molecule has 0 atom stereocenters. The number of carbonyl (C=O) groups is 1. The summed E-state index contributed by atoms with van der Waals surface area (Å²) in [5.41, 5.74) is 0.635. The van der Waals surface area contributed by atoms with Crippen LogP contribution in [-0.2, 0) is 13.6 Å². The van der Waals surface area contributed by atoms with E-state index in [1.165, 1.54) is 0 Å². The number of hydrogen-bond donors (Lipinski definition) is 0. The second-order valence-electron chi connectivity index (χ2n) is 3.89. The van der Waals surface area contributed by atoms with E-state index in [9.17, 15) is 4.79 Å². The lowest BCUT2D eigenvalue weighted by molar-refractivity contribution is 0.0780. The van der Waals surface area contributed by atoms with Crippen LogP contribution in [0.5, 0.6) is 0 Å². The van der Waals surface area contributed by atoms with Crippen molar-refractivity contribution in [3.8, 4) is 0 Å². The molecule has 0 fully saturated rings. The Morgan fingerprint density at radius 3 is 2.61 bits per heavy atom. The number of rotatable bonds is 3. The maximum Gasteiger partial charge on any atom is 0.254 e. The molecule has 0 unspecified atom stereocenters. The van der Waals surface area contributed by atoms with E-state index in [1.54, 1.807) is 35.8 Å². The Kier molecular flexibility index (Phi) is 3.71. The summed E-state index contributed by atoms with van der Waals surface area (Å²) in [4.78, 5) is 13.7. The Morgan fingerprint density at radius 2 is 2.06 bits per heavy atom. The largest absolute Gasteiger partial charge is 0.334 e. The first kappa shape index (κ1) is 12.7. The molecule has 18 heavy (non-hydrogen) atoms. The molecule has 0 saturated carbocycles. The van der Waals surface area contributed by atoms with E-state index in [4.69, 9.17) is 0 Å². The van der Waals surface area contributed by atoms with E-state index >= 15 is 0 Å². The highest BCUT2D eigenvalue weighted by Crippen LogP contribution is 2.12. The molecule has 1 heterocycles. The molecule has 0 aliphatic rings. The van der Waals surface area contributed by atoms with Gasteiger partial charge in [-0.3, -0.25) is 4.79 Å². The minimum atomic E-state index is -0.0644. The van der Waals surface area contributed by atoms with Gasteiger partial charge in [0.25, 0.3) is 5.91 Å². The third-order valence-electron chi connectivity index (χ3n) is 2.52. The number of halogens is 1. The van der Waals surface area contributed by atoms with Gasteiger partial charge in [0.1, 0.15) is 0 Å². The number of aromatic nitrogens is 4. The normalized spacial score (nSPS) is 10.4. The van der Waals surface area contributed by atoms with Gasteiger partial charge in [-0.1, -0.05) is 15.9 Å². The molecule has 2 rings (SSSR count). The molecule has 94 valence electrons. The summed E-state index contributed by atoms with van der Waals surface area (Å²) < 4.78 is 2.49. The standard InChI is InChI=1S/C11H12BrN5O/c1-16(7-10-13-14-15-17(10)2)11(18)8-3-5-9(12)6-4-8/h3-6H,7H2,1-2H3. The van der Waals surface area contributed by atoms with Crippen LogP contribution in [0, 0.1) is 0 Å². The quantitative estimate of drug-likeness (QED) is 0.856. The Labute approximate surface area is 113 Å². The zero-order chi connectivity index (χ0) is 13.1. The third-order valence-corrected chi connectivity index (χ3v) is 3.05. The van der Waals surface area contributed by atoms with Crippen molar-refractivity contribution in [3.63, 3.8) is 0 Å². The fourth-order valence-corrected chi connectivity index (χ4v) is 1.74. The van der Waals surface area contributed by atoms with Crippen molar-refractivity contribution in [2.24, 2.45) is 7.05 Å². The van der Waals surface area contributed by atoms with Crippen molar-refractivity contribution >= 4 is 21.8 Å². The predicted molar refractivity (Wildman–Crippen MR) is 68.7 cm³/mol. The number of nitrogens with zero attached hydrogens (tertiary/aromatic N) is 5.